The molecule has 0 spiro atoms. The number of benzene rings is 1. The van der Waals surface area contributed by atoms with Crippen LogP contribution in [0.25, 0.3) is 0 Å². The van der Waals surface area contributed by atoms with Gasteiger partial charge < -0.3 is 10.1 Å². The van der Waals surface area contributed by atoms with E-state index in [2.05, 4.69) is 5.32 Å². The van der Waals surface area contributed by atoms with Crippen LogP contribution in [0.3, 0.4) is 0 Å². The molecule has 0 aliphatic carbocycles. The third kappa shape index (κ3) is 3.91. The highest BCUT2D eigenvalue weighted by atomic mass is 35.5. The molecule has 1 aromatic carbocycles. The summed E-state index contributed by atoms with van der Waals surface area (Å²) in [6, 6.07) is 5.09. The smallest absolute Gasteiger partial charge is 0.142 e. The molecule has 1 N–H and O–H groups in total. The third-order valence-electron chi connectivity index (χ3n) is 3.75. The summed E-state index contributed by atoms with van der Waals surface area (Å²) in [6.45, 7) is 0.899. The molecule has 2 unspecified atom stereocenters. The lowest BCUT2D eigenvalue weighted by molar-refractivity contribution is 0.101. The van der Waals surface area contributed by atoms with Gasteiger partial charge in [0.05, 0.1) is 11.1 Å². The topological polar surface area (TPSA) is 21.3 Å². The van der Waals surface area contributed by atoms with E-state index < -0.39 is 0 Å². The first-order valence-electron chi connectivity index (χ1n) is 6.95. The molecule has 0 radical (unpaired) electrons. The average Bonchev–Trinajstić information content (AvgIpc) is 2.92. The number of ether oxygens (including phenoxy) is 1. The summed E-state index contributed by atoms with van der Waals surface area (Å²) in [5, 5.41) is 3.46. The normalized spacial score (nSPS) is 20.7. The molecule has 0 amide bonds. The number of rotatable bonds is 6. The van der Waals surface area contributed by atoms with Crippen LogP contribution >= 0.6 is 11.6 Å². The largest absolute Gasteiger partial charge is 0.378 e. The van der Waals surface area contributed by atoms with E-state index in [1.807, 2.05) is 13.1 Å². The van der Waals surface area contributed by atoms with Gasteiger partial charge in [-0.05, 0) is 50.8 Å². The van der Waals surface area contributed by atoms with E-state index >= 15 is 0 Å². The number of nitrogens with one attached hydrogen (secondary N) is 1. The van der Waals surface area contributed by atoms with Gasteiger partial charge in [0.25, 0.3) is 0 Å². The van der Waals surface area contributed by atoms with Crippen LogP contribution in [0.15, 0.2) is 18.2 Å². The van der Waals surface area contributed by atoms with E-state index in [1.54, 1.807) is 6.07 Å². The first-order valence-corrected chi connectivity index (χ1v) is 7.33. The Kier molecular flexibility index (Phi) is 5.61. The van der Waals surface area contributed by atoms with Crippen LogP contribution in [0.2, 0.25) is 5.02 Å². The lowest BCUT2D eigenvalue weighted by Gasteiger charge is -2.19. The molecule has 0 aromatic heterocycles. The molecule has 1 aliphatic heterocycles. The average molecular weight is 286 g/mol. The van der Waals surface area contributed by atoms with E-state index in [9.17, 15) is 4.39 Å². The first kappa shape index (κ1) is 14.8. The highest BCUT2D eigenvalue weighted by molar-refractivity contribution is 6.31. The van der Waals surface area contributed by atoms with E-state index in [4.69, 9.17) is 16.3 Å². The first-order chi connectivity index (χ1) is 9.22. The molecule has 106 valence electrons. The van der Waals surface area contributed by atoms with Crippen LogP contribution in [0.5, 0.6) is 0 Å². The quantitative estimate of drug-likeness (QED) is 0.850. The summed E-state index contributed by atoms with van der Waals surface area (Å²) in [5.74, 6) is -0.349. The molecule has 1 fully saturated rings. The SMILES string of the molecule is CNC(CCCC1CCCO1)c1cccc(F)c1Cl. The Morgan fingerprint density at radius 3 is 3.05 bits per heavy atom. The summed E-state index contributed by atoms with van der Waals surface area (Å²) in [6.07, 6.45) is 5.84. The van der Waals surface area contributed by atoms with E-state index in [0.29, 0.717) is 6.10 Å². The molecule has 1 saturated heterocycles. The molecule has 4 heteroatoms. The second kappa shape index (κ2) is 7.22. The number of hydrogen-bond donors (Lipinski definition) is 1. The maximum atomic E-state index is 13.5. The Hall–Kier alpha value is -0.640. The molecule has 1 aromatic rings. The van der Waals surface area contributed by atoms with Crippen LogP contribution in [-0.4, -0.2) is 19.8 Å². The fraction of sp³-hybridized carbons (Fsp3) is 0.600. The zero-order chi connectivity index (χ0) is 13.7. The van der Waals surface area contributed by atoms with Crippen molar-refractivity contribution in [2.24, 2.45) is 0 Å². The van der Waals surface area contributed by atoms with Crippen molar-refractivity contribution in [3.63, 3.8) is 0 Å². The summed E-state index contributed by atoms with van der Waals surface area (Å²) in [5.41, 5.74) is 0.844. The van der Waals surface area contributed by atoms with Crippen LogP contribution < -0.4 is 5.32 Å². The Balaban J connectivity index is 1.90. The minimum Gasteiger partial charge on any atom is -0.378 e. The molecule has 0 bridgehead atoms. The van der Waals surface area contributed by atoms with Crippen molar-refractivity contribution in [2.45, 2.75) is 44.2 Å². The molecule has 2 atom stereocenters. The Morgan fingerprint density at radius 2 is 2.37 bits per heavy atom. The molecule has 19 heavy (non-hydrogen) atoms. The van der Waals surface area contributed by atoms with Crippen molar-refractivity contribution in [1.82, 2.24) is 5.32 Å². The molecular weight excluding hydrogens is 265 g/mol. The number of halogens is 2. The minimum atomic E-state index is -0.349. The van der Waals surface area contributed by atoms with Gasteiger partial charge in [-0.2, -0.15) is 0 Å². The van der Waals surface area contributed by atoms with E-state index in [0.717, 1.165) is 31.4 Å². The van der Waals surface area contributed by atoms with Gasteiger partial charge in [0.15, 0.2) is 0 Å². The van der Waals surface area contributed by atoms with Crippen molar-refractivity contribution in [2.75, 3.05) is 13.7 Å². The highest BCUT2D eigenvalue weighted by Crippen LogP contribution is 2.29. The van der Waals surface area contributed by atoms with Gasteiger partial charge in [-0.15, -0.1) is 0 Å². The standard InChI is InChI=1S/C15H21ClFNO/c1-18-14(9-2-5-11-6-4-10-19-11)12-7-3-8-13(17)15(12)16/h3,7-8,11,14,18H,2,4-6,9-10H2,1H3. The molecular formula is C15H21ClFNO. The second-order valence-electron chi connectivity index (χ2n) is 5.05. The zero-order valence-electron chi connectivity index (χ0n) is 11.3. The van der Waals surface area contributed by atoms with Gasteiger partial charge in [-0.1, -0.05) is 23.7 Å². The zero-order valence-corrected chi connectivity index (χ0v) is 12.0. The highest BCUT2D eigenvalue weighted by Gasteiger charge is 2.18. The predicted molar refractivity (Wildman–Crippen MR) is 76.0 cm³/mol. The summed E-state index contributed by atoms with van der Waals surface area (Å²) < 4.78 is 19.1. The van der Waals surface area contributed by atoms with Crippen LogP contribution in [0, 0.1) is 5.82 Å². The monoisotopic (exact) mass is 285 g/mol. The third-order valence-corrected chi connectivity index (χ3v) is 4.15. The lowest BCUT2D eigenvalue weighted by Crippen LogP contribution is -2.18. The second-order valence-corrected chi connectivity index (χ2v) is 5.43. The molecule has 2 nitrogen and oxygen atoms in total. The summed E-state index contributed by atoms with van der Waals surface area (Å²) >= 11 is 6.03. The fourth-order valence-corrected chi connectivity index (χ4v) is 2.92. The van der Waals surface area contributed by atoms with Gasteiger partial charge >= 0.3 is 0 Å². The van der Waals surface area contributed by atoms with Gasteiger partial charge in [-0.3, -0.25) is 0 Å². The van der Waals surface area contributed by atoms with Crippen molar-refractivity contribution in [3.8, 4) is 0 Å². The minimum absolute atomic E-state index is 0.101. The fourth-order valence-electron chi connectivity index (χ4n) is 2.67. The lowest BCUT2D eigenvalue weighted by atomic mass is 9.99. The Bertz CT molecular complexity index is 407. The summed E-state index contributed by atoms with van der Waals surface area (Å²) in [7, 11) is 1.89. The number of hydrogen-bond acceptors (Lipinski definition) is 2. The summed E-state index contributed by atoms with van der Waals surface area (Å²) in [4.78, 5) is 0. The van der Waals surface area contributed by atoms with Crippen molar-refractivity contribution in [3.05, 3.63) is 34.6 Å². The van der Waals surface area contributed by atoms with Gasteiger partial charge in [0, 0.05) is 12.6 Å². The van der Waals surface area contributed by atoms with Gasteiger partial charge in [0.2, 0.25) is 0 Å². The maximum Gasteiger partial charge on any atom is 0.142 e. The van der Waals surface area contributed by atoms with Crippen molar-refractivity contribution < 1.29 is 9.13 Å². The van der Waals surface area contributed by atoms with E-state index in [1.165, 1.54) is 18.9 Å². The molecule has 2 rings (SSSR count). The van der Waals surface area contributed by atoms with Gasteiger partial charge in [-0.25, -0.2) is 4.39 Å². The van der Waals surface area contributed by atoms with E-state index in [-0.39, 0.29) is 16.9 Å². The predicted octanol–water partition coefficient (Wildman–Crippen LogP) is 4.09. The van der Waals surface area contributed by atoms with Crippen LogP contribution in [-0.2, 0) is 4.74 Å². The van der Waals surface area contributed by atoms with Gasteiger partial charge in [0.1, 0.15) is 5.82 Å². The maximum absolute atomic E-state index is 13.5. The molecule has 1 heterocycles. The van der Waals surface area contributed by atoms with Crippen molar-refractivity contribution >= 4 is 11.6 Å². The van der Waals surface area contributed by atoms with Crippen LogP contribution in [0.4, 0.5) is 4.39 Å². The molecule has 0 saturated carbocycles. The molecule has 1 aliphatic rings. The Morgan fingerprint density at radius 1 is 1.53 bits per heavy atom. The van der Waals surface area contributed by atoms with Crippen molar-refractivity contribution in [1.29, 1.82) is 0 Å². The Labute approximate surface area is 119 Å². The van der Waals surface area contributed by atoms with Crippen LogP contribution in [0.1, 0.15) is 43.7 Å².